The fraction of sp³-hybridized carbons (Fsp3) is 0.438. The molecule has 0 saturated heterocycles. The Balaban J connectivity index is 1.75. The van der Waals surface area contributed by atoms with E-state index in [1.165, 1.54) is 36.4 Å². The molecule has 2 aliphatic carbocycles. The van der Waals surface area contributed by atoms with Crippen molar-refractivity contribution < 1.29 is 26.9 Å². The van der Waals surface area contributed by atoms with Gasteiger partial charge in [0.1, 0.15) is 10.6 Å². The molecule has 0 aromatic heterocycles. The number of carbonyl (C=O) groups is 2. The zero-order valence-electron chi connectivity index (χ0n) is 24.4. The highest BCUT2D eigenvalue weighted by Gasteiger charge is 2.49. The number of hydrogen-bond donors (Lipinski definition) is 0. The molecular weight excluding hydrogens is 597 g/mol. The van der Waals surface area contributed by atoms with Gasteiger partial charge in [0.15, 0.2) is 11.6 Å². The van der Waals surface area contributed by atoms with Crippen molar-refractivity contribution in [3.63, 3.8) is 0 Å². The largest absolute Gasteiger partial charge is 0.383 e. The second-order valence-electron chi connectivity index (χ2n) is 12.9. The van der Waals surface area contributed by atoms with Crippen molar-refractivity contribution in [1.82, 2.24) is 4.90 Å². The Labute approximate surface area is 257 Å². The van der Waals surface area contributed by atoms with Crippen molar-refractivity contribution in [2.24, 2.45) is 10.8 Å². The summed E-state index contributed by atoms with van der Waals surface area (Å²) >= 11 is 12.5. The van der Waals surface area contributed by atoms with Gasteiger partial charge in [-0.2, -0.15) is 8.42 Å². The molecule has 1 heterocycles. The number of allylic oxidation sites excluding steroid dienone is 4. The lowest BCUT2D eigenvalue weighted by atomic mass is 9.63. The minimum absolute atomic E-state index is 0.0126. The predicted octanol–water partition coefficient (Wildman–Crippen LogP) is 7.09. The summed E-state index contributed by atoms with van der Waals surface area (Å²) < 4.78 is 38.0. The van der Waals surface area contributed by atoms with E-state index in [1.54, 1.807) is 13.2 Å². The summed E-state index contributed by atoms with van der Waals surface area (Å²) in [7, 11) is -2.66. The first-order valence-corrected chi connectivity index (χ1v) is 16.1. The van der Waals surface area contributed by atoms with Crippen LogP contribution in [-0.4, -0.2) is 45.1 Å². The van der Waals surface area contributed by atoms with E-state index in [0.29, 0.717) is 65.6 Å². The molecule has 0 fully saturated rings. The van der Waals surface area contributed by atoms with Crippen molar-refractivity contribution in [3.8, 4) is 5.75 Å². The van der Waals surface area contributed by atoms with Gasteiger partial charge in [-0.1, -0.05) is 50.9 Å². The summed E-state index contributed by atoms with van der Waals surface area (Å²) in [5.74, 6) is -0.970. The molecule has 0 saturated carbocycles. The van der Waals surface area contributed by atoms with E-state index in [0.717, 1.165) is 11.4 Å². The highest BCUT2D eigenvalue weighted by molar-refractivity contribution is 7.87. The van der Waals surface area contributed by atoms with Gasteiger partial charge in [-0.15, -0.1) is 0 Å². The molecule has 3 aliphatic rings. The molecule has 7 nitrogen and oxygen atoms in total. The normalized spacial score (nSPS) is 20.5. The van der Waals surface area contributed by atoms with Crippen LogP contribution in [-0.2, 0) is 24.4 Å². The van der Waals surface area contributed by atoms with E-state index >= 15 is 0 Å². The van der Waals surface area contributed by atoms with Gasteiger partial charge in [0, 0.05) is 70.6 Å². The molecule has 0 radical (unpaired) electrons. The Kier molecular flexibility index (Phi) is 8.16. The lowest BCUT2D eigenvalue weighted by Crippen LogP contribution is -2.45. The Hall–Kier alpha value is -2.65. The fourth-order valence-corrected chi connectivity index (χ4v) is 7.66. The maximum atomic E-state index is 14.0. The summed E-state index contributed by atoms with van der Waals surface area (Å²) in [6, 6.07) is 10.3. The summed E-state index contributed by atoms with van der Waals surface area (Å²) in [5, 5.41) is 0.720. The van der Waals surface area contributed by atoms with Crippen LogP contribution in [0.3, 0.4) is 0 Å². The van der Waals surface area contributed by atoms with Crippen molar-refractivity contribution in [3.05, 3.63) is 80.6 Å². The topological polar surface area (TPSA) is 90.0 Å². The van der Waals surface area contributed by atoms with E-state index < -0.39 is 16.0 Å². The van der Waals surface area contributed by atoms with E-state index in [9.17, 15) is 18.0 Å². The Morgan fingerprint density at radius 2 is 1.36 bits per heavy atom. The molecule has 0 amide bonds. The van der Waals surface area contributed by atoms with Crippen LogP contribution in [0.1, 0.15) is 64.9 Å². The number of halogens is 2. The number of Topliss-reactive ketones (excluding diaryl/α,β-unsaturated/α-hetero) is 2. The van der Waals surface area contributed by atoms with Gasteiger partial charge in [-0.05, 0) is 66.1 Å². The number of rotatable bonds is 7. The van der Waals surface area contributed by atoms with Gasteiger partial charge in [-0.3, -0.25) is 9.59 Å². The first-order chi connectivity index (χ1) is 19.6. The summed E-state index contributed by atoms with van der Waals surface area (Å²) in [5.41, 5.74) is 2.44. The van der Waals surface area contributed by atoms with Crippen molar-refractivity contribution in [2.75, 3.05) is 20.3 Å². The first kappa shape index (κ1) is 30.8. The van der Waals surface area contributed by atoms with Crippen LogP contribution in [0, 0.1) is 10.8 Å². The second-order valence-corrected chi connectivity index (χ2v) is 15.3. The maximum absolute atomic E-state index is 14.0. The molecule has 10 heteroatoms. The monoisotopic (exact) mass is 631 g/mol. The van der Waals surface area contributed by atoms with E-state index in [-0.39, 0.29) is 33.0 Å². The van der Waals surface area contributed by atoms with Gasteiger partial charge in [-0.25, -0.2) is 0 Å². The number of nitrogens with zero attached hydrogens (tertiary/aromatic N) is 1. The molecule has 2 aromatic rings. The van der Waals surface area contributed by atoms with Gasteiger partial charge in [0.25, 0.3) is 0 Å². The van der Waals surface area contributed by atoms with Gasteiger partial charge in [0.2, 0.25) is 0 Å². The Bertz CT molecular complexity index is 1570. The van der Waals surface area contributed by atoms with Crippen LogP contribution in [0.15, 0.2) is 69.9 Å². The molecule has 0 bridgehead atoms. The molecule has 5 rings (SSSR count). The van der Waals surface area contributed by atoms with Crippen molar-refractivity contribution in [2.45, 2.75) is 64.2 Å². The molecule has 1 aliphatic heterocycles. The summed E-state index contributed by atoms with van der Waals surface area (Å²) in [4.78, 5) is 30.1. The maximum Gasteiger partial charge on any atom is 0.339 e. The number of methoxy groups -OCH3 is 1. The number of carbonyl (C=O) groups excluding carboxylic acids is 2. The first-order valence-electron chi connectivity index (χ1n) is 13.9. The van der Waals surface area contributed by atoms with Crippen LogP contribution in [0.4, 0.5) is 0 Å². The molecule has 2 aromatic carbocycles. The van der Waals surface area contributed by atoms with Gasteiger partial charge in [0.05, 0.1) is 6.61 Å². The quantitative estimate of drug-likeness (QED) is 0.301. The van der Waals surface area contributed by atoms with E-state index in [2.05, 4.69) is 32.6 Å². The van der Waals surface area contributed by atoms with Crippen LogP contribution < -0.4 is 4.18 Å². The average Bonchev–Trinajstić information content (AvgIpc) is 2.87. The highest BCUT2D eigenvalue weighted by atomic mass is 35.5. The third-order valence-electron chi connectivity index (χ3n) is 8.13. The molecule has 0 spiro atoms. The summed E-state index contributed by atoms with van der Waals surface area (Å²) in [6.45, 7) is 9.13. The smallest absolute Gasteiger partial charge is 0.339 e. The van der Waals surface area contributed by atoms with Crippen LogP contribution >= 0.6 is 23.2 Å². The summed E-state index contributed by atoms with van der Waals surface area (Å²) in [6.07, 6.45) is 1.81. The highest BCUT2D eigenvalue weighted by Crippen LogP contribution is 2.55. The minimum atomic E-state index is -4.28. The lowest BCUT2D eigenvalue weighted by molar-refractivity contribution is -0.119. The third-order valence-corrected chi connectivity index (χ3v) is 9.86. The standard InChI is InChI=1S/C32H35Cl2NO6S/c1-31(2)15-23-29(25(36)17-31)28(30-24(35(23)12-13-40-5)16-32(3,4)18-26(30)37)22-14-20(34)8-11-27(22)41-42(38,39)21-9-6-19(33)7-10-21/h6-11,14,28H,12-13,15-18H2,1-5H3. The zero-order chi connectivity index (χ0) is 30.6. The van der Waals surface area contributed by atoms with Crippen molar-refractivity contribution >= 4 is 44.9 Å². The van der Waals surface area contributed by atoms with E-state index in [4.69, 9.17) is 32.1 Å². The second kappa shape index (κ2) is 11.1. The number of hydrogen-bond acceptors (Lipinski definition) is 7. The zero-order valence-corrected chi connectivity index (χ0v) is 26.8. The van der Waals surface area contributed by atoms with Crippen LogP contribution in [0.5, 0.6) is 5.75 Å². The molecule has 0 unspecified atom stereocenters. The Morgan fingerprint density at radius 1 is 0.833 bits per heavy atom. The predicted molar refractivity (Wildman–Crippen MR) is 162 cm³/mol. The Morgan fingerprint density at radius 3 is 1.88 bits per heavy atom. The fourth-order valence-electron chi connectivity index (χ4n) is 6.40. The number of benzene rings is 2. The number of ether oxygens (including phenoxy) is 1. The molecule has 0 N–H and O–H groups in total. The molecule has 42 heavy (non-hydrogen) atoms. The number of ketones is 2. The molecular formula is C32H35Cl2NO6S. The third kappa shape index (κ3) is 5.91. The van der Waals surface area contributed by atoms with Crippen molar-refractivity contribution in [1.29, 1.82) is 0 Å². The lowest BCUT2D eigenvalue weighted by Gasteiger charge is -2.49. The van der Waals surface area contributed by atoms with E-state index in [1.807, 2.05) is 0 Å². The minimum Gasteiger partial charge on any atom is -0.383 e. The van der Waals surface area contributed by atoms with Gasteiger partial charge < -0.3 is 13.8 Å². The van der Waals surface area contributed by atoms with Crippen LogP contribution in [0.2, 0.25) is 10.0 Å². The molecule has 224 valence electrons. The van der Waals surface area contributed by atoms with Gasteiger partial charge >= 0.3 is 10.1 Å². The molecule has 0 atom stereocenters. The average molecular weight is 633 g/mol. The van der Waals surface area contributed by atoms with Crippen LogP contribution in [0.25, 0.3) is 0 Å². The SMILES string of the molecule is COCCN1C2=C(C(=O)CC(C)(C)C2)C(c2cc(Cl)ccc2OS(=O)(=O)c2ccc(Cl)cc2)C2=C1CC(C)(C)CC2=O.